The highest BCUT2D eigenvalue weighted by Crippen LogP contribution is 2.43. The molecule has 0 spiro atoms. The third kappa shape index (κ3) is 62.4. The van der Waals surface area contributed by atoms with Gasteiger partial charge in [0.1, 0.15) is 13.2 Å². The Labute approximate surface area is 481 Å². The summed E-state index contributed by atoms with van der Waals surface area (Å²) in [4.78, 5) is 23.3. The number of phosphoric acid groups is 1. The van der Waals surface area contributed by atoms with Crippen LogP contribution in [0.15, 0.2) is 24.3 Å². The monoisotopic (exact) mass is 1110 g/mol. The Balaban J connectivity index is 3.88. The Morgan fingerprint density at radius 2 is 0.701 bits per heavy atom. The number of likely N-dealkylation sites (N-methyl/N-ethyl adjacent to an activating group) is 1. The van der Waals surface area contributed by atoms with Crippen LogP contribution < -0.4 is 5.32 Å². The molecular weight excluding hydrogens is 972 g/mol. The number of nitrogens with zero attached hydrogens (tertiary/aromatic N) is 1. The molecule has 9 heteroatoms. The molecule has 0 saturated carbocycles. The fourth-order valence-electron chi connectivity index (χ4n) is 10.6. The number of allylic oxidation sites excluding steroid dienone is 3. The minimum Gasteiger partial charge on any atom is -0.387 e. The molecule has 458 valence electrons. The van der Waals surface area contributed by atoms with E-state index in [1.165, 1.54) is 302 Å². The molecule has 0 heterocycles. The number of aliphatic hydroxyl groups is 1. The summed E-state index contributed by atoms with van der Waals surface area (Å²) in [6, 6.07) is -0.843. The van der Waals surface area contributed by atoms with Gasteiger partial charge in [0, 0.05) is 6.42 Å². The summed E-state index contributed by atoms with van der Waals surface area (Å²) in [7, 11) is 1.59. The summed E-state index contributed by atoms with van der Waals surface area (Å²) in [5.74, 6) is -0.169. The second-order valence-corrected chi connectivity index (χ2v) is 26.4. The highest BCUT2D eigenvalue weighted by molar-refractivity contribution is 7.47. The molecule has 0 aliphatic heterocycles. The lowest BCUT2D eigenvalue weighted by Gasteiger charge is -2.25. The molecule has 0 aliphatic rings. The molecule has 0 fully saturated rings. The van der Waals surface area contributed by atoms with Crippen LogP contribution in [-0.4, -0.2) is 73.4 Å². The van der Waals surface area contributed by atoms with E-state index in [-0.39, 0.29) is 19.1 Å². The maximum absolute atomic E-state index is 13.0. The Hall–Kier alpha value is -1.02. The zero-order chi connectivity index (χ0) is 56.3. The number of amides is 1. The molecule has 0 aromatic carbocycles. The van der Waals surface area contributed by atoms with Crippen LogP contribution in [-0.2, 0) is 18.4 Å². The van der Waals surface area contributed by atoms with E-state index in [0.717, 1.165) is 32.1 Å². The zero-order valence-electron chi connectivity index (χ0n) is 52.5. The minimum absolute atomic E-state index is 0.0645. The summed E-state index contributed by atoms with van der Waals surface area (Å²) in [6.07, 6.45) is 77.6. The van der Waals surface area contributed by atoms with E-state index in [0.29, 0.717) is 17.4 Å². The molecule has 3 N–H and O–H groups in total. The van der Waals surface area contributed by atoms with E-state index in [9.17, 15) is 19.4 Å². The minimum atomic E-state index is -4.34. The quantitative estimate of drug-likeness (QED) is 0.0243. The summed E-state index contributed by atoms with van der Waals surface area (Å²) in [6.45, 7) is 4.86. The highest BCUT2D eigenvalue weighted by Gasteiger charge is 2.28. The van der Waals surface area contributed by atoms with Gasteiger partial charge in [0.2, 0.25) is 5.91 Å². The van der Waals surface area contributed by atoms with Gasteiger partial charge in [0.25, 0.3) is 0 Å². The van der Waals surface area contributed by atoms with Crippen molar-refractivity contribution >= 4 is 13.7 Å². The molecule has 8 nitrogen and oxygen atoms in total. The number of hydrogen-bond acceptors (Lipinski definition) is 5. The van der Waals surface area contributed by atoms with E-state index < -0.39 is 20.0 Å². The van der Waals surface area contributed by atoms with Crippen molar-refractivity contribution in [1.29, 1.82) is 0 Å². The number of nitrogens with one attached hydrogen (secondary N) is 1. The maximum Gasteiger partial charge on any atom is 0.472 e. The van der Waals surface area contributed by atoms with Crippen LogP contribution in [0.5, 0.6) is 0 Å². The zero-order valence-corrected chi connectivity index (χ0v) is 53.4. The third-order valence-electron chi connectivity index (χ3n) is 15.9. The first-order valence-corrected chi connectivity index (χ1v) is 35.7. The number of carbonyl (C=O) groups excluding carboxylic acids is 1. The maximum atomic E-state index is 13.0. The number of phosphoric ester groups is 1. The first kappa shape index (κ1) is 76.0. The number of carbonyl (C=O) groups is 1. The van der Waals surface area contributed by atoms with Gasteiger partial charge in [-0.15, -0.1) is 0 Å². The molecule has 3 atom stereocenters. The van der Waals surface area contributed by atoms with Crippen LogP contribution in [0.25, 0.3) is 0 Å². The molecule has 0 aliphatic carbocycles. The van der Waals surface area contributed by atoms with Crippen LogP contribution in [0.1, 0.15) is 354 Å². The van der Waals surface area contributed by atoms with Crippen LogP contribution in [0.4, 0.5) is 0 Å². The Bertz CT molecular complexity index is 1300. The first-order valence-electron chi connectivity index (χ1n) is 34.2. The van der Waals surface area contributed by atoms with E-state index in [2.05, 4.69) is 31.3 Å². The van der Waals surface area contributed by atoms with Gasteiger partial charge in [0.15, 0.2) is 0 Å². The molecule has 0 radical (unpaired) electrons. The third-order valence-corrected chi connectivity index (χ3v) is 16.9. The number of aliphatic hydroxyl groups excluding tert-OH is 1. The smallest absolute Gasteiger partial charge is 0.387 e. The predicted molar refractivity (Wildman–Crippen MR) is 337 cm³/mol. The van der Waals surface area contributed by atoms with Crippen molar-refractivity contribution in [1.82, 2.24) is 5.32 Å². The van der Waals surface area contributed by atoms with Crippen LogP contribution in [0.2, 0.25) is 0 Å². The number of quaternary nitrogens is 1. The van der Waals surface area contributed by atoms with Crippen molar-refractivity contribution < 1.29 is 32.9 Å². The average molecular weight is 1110 g/mol. The van der Waals surface area contributed by atoms with Gasteiger partial charge in [0.05, 0.1) is 39.9 Å². The van der Waals surface area contributed by atoms with E-state index >= 15 is 0 Å². The average Bonchev–Trinajstić information content (AvgIpc) is 3.39. The van der Waals surface area contributed by atoms with Crippen molar-refractivity contribution in [3.63, 3.8) is 0 Å². The molecule has 0 saturated heterocycles. The van der Waals surface area contributed by atoms with Gasteiger partial charge in [-0.3, -0.25) is 13.8 Å². The molecule has 1 amide bonds. The van der Waals surface area contributed by atoms with Gasteiger partial charge < -0.3 is 19.8 Å². The van der Waals surface area contributed by atoms with Crippen molar-refractivity contribution in [3.8, 4) is 0 Å². The first-order chi connectivity index (χ1) is 37.5. The number of unbranched alkanes of at least 4 members (excludes halogenated alkanes) is 49. The molecule has 0 aromatic heterocycles. The Kier molecular flexibility index (Phi) is 58.8. The van der Waals surface area contributed by atoms with Gasteiger partial charge in [-0.1, -0.05) is 327 Å². The summed E-state index contributed by atoms with van der Waals surface area (Å²) < 4.78 is 23.8. The van der Waals surface area contributed by atoms with Crippen LogP contribution in [0.3, 0.4) is 0 Å². The van der Waals surface area contributed by atoms with Gasteiger partial charge in [-0.2, -0.15) is 0 Å². The fourth-order valence-corrected chi connectivity index (χ4v) is 11.3. The second kappa shape index (κ2) is 59.6. The standard InChI is InChI=1S/C68H135N2O6P/c1-6-8-10-12-14-16-18-20-22-24-25-26-27-28-29-30-31-32-33-34-35-36-37-38-39-40-41-42-43-44-45-46-48-50-52-54-56-58-60-62-68(72)69-66(65-76-77(73,74)75-64-63-70(3,4)5)67(71)61-59-57-55-53-51-49-47-23-21-19-17-15-13-11-9-7-2/h24-25,59,61,66-67,71H,6-23,26-58,60,62-65H2,1-5H3,(H-,69,72,73,74)/p+1/b25-24-,61-59+. The van der Waals surface area contributed by atoms with E-state index in [1.807, 2.05) is 27.2 Å². The van der Waals surface area contributed by atoms with Crippen molar-refractivity contribution in [3.05, 3.63) is 24.3 Å². The summed E-state index contributed by atoms with van der Waals surface area (Å²) in [5, 5.41) is 14.0. The van der Waals surface area contributed by atoms with Crippen LogP contribution in [0, 0.1) is 0 Å². The van der Waals surface area contributed by atoms with E-state index in [4.69, 9.17) is 9.05 Å². The largest absolute Gasteiger partial charge is 0.472 e. The van der Waals surface area contributed by atoms with Crippen LogP contribution >= 0.6 is 7.82 Å². The van der Waals surface area contributed by atoms with E-state index in [1.54, 1.807) is 6.08 Å². The molecule has 0 rings (SSSR count). The number of hydrogen-bond donors (Lipinski definition) is 3. The van der Waals surface area contributed by atoms with Gasteiger partial charge >= 0.3 is 7.82 Å². The normalized spacial score (nSPS) is 13.8. The fraction of sp³-hybridized carbons (Fsp3) is 0.926. The topological polar surface area (TPSA) is 105 Å². The highest BCUT2D eigenvalue weighted by atomic mass is 31.2. The summed E-state index contributed by atoms with van der Waals surface area (Å²) >= 11 is 0. The number of rotatable bonds is 64. The SMILES string of the molecule is CCCCCCCCCC/C=C\CCCCCCCCCCCCCCCCCCCCCCCCCCCCCC(=O)NC(COP(=O)(O)OCC[N+](C)(C)C)C(O)/C=C/CCCCCCCCCCCCCCCC. The molecule has 0 aromatic rings. The molecular formula is C68H136N2O6P+. The summed E-state index contributed by atoms with van der Waals surface area (Å²) in [5.41, 5.74) is 0. The predicted octanol–water partition coefficient (Wildman–Crippen LogP) is 21.5. The van der Waals surface area contributed by atoms with Gasteiger partial charge in [-0.05, 0) is 44.9 Å². The Morgan fingerprint density at radius 3 is 1.00 bits per heavy atom. The van der Waals surface area contributed by atoms with Crippen molar-refractivity contribution in [2.45, 2.75) is 366 Å². The molecule has 77 heavy (non-hydrogen) atoms. The Morgan fingerprint density at radius 1 is 0.429 bits per heavy atom. The molecule has 0 bridgehead atoms. The lowest BCUT2D eigenvalue weighted by molar-refractivity contribution is -0.870. The van der Waals surface area contributed by atoms with Gasteiger partial charge in [-0.25, -0.2) is 4.57 Å². The van der Waals surface area contributed by atoms with Crippen molar-refractivity contribution in [2.75, 3.05) is 40.9 Å². The second-order valence-electron chi connectivity index (χ2n) is 24.9. The van der Waals surface area contributed by atoms with Crippen molar-refractivity contribution in [2.24, 2.45) is 0 Å². The lowest BCUT2D eigenvalue weighted by Crippen LogP contribution is -2.45. The lowest BCUT2D eigenvalue weighted by atomic mass is 10.0. The molecule has 3 unspecified atom stereocenters.